The van der Waals surface area contributed by atoms with Gasteiger partial charge in [0.25, 0.3) is 0 Å². The molecule has 5 nitrogen and oxygen atoms in total. The molecule has 1 saturated heterocycles. The number of para-hydroxylation sites is 1. The van der Waals surface area contributed by atoms with Gasteiger partial charge >= 0.3 is 0 Å². The van der Waals surface area contributed by atoms with Crippen LogP contribution in [0.5, 0.6) is 0 Å². The lowest BCUT2D eigenvalue weighted by Gasteiger charge is -2.37. The highest BCUT2D eigenvalue weighted by molar-refractivity contribution is 5.61. The van der Waals surface area contributed by atoms with E-state index in [1.807, 2.05) is 43.3 Å². The van der Waals surface area contributed by atoms with E-state index in [2.05, 4.69) is 57.1 Å². The maximum atomic E-state index is 4.68. The van der Waals surface area contributed by atoms with Gasteiger partial charge in [0.2, 0.25) is 0 Å². The Bertz CT molecular complexity index is 946. The first-order valence-electron chi connectivity index (χ1n) is 9.84. The molecular formula is C23H27N5. The summed E-state index contributed by atoms with van der Waals surface area (Å²) in [5, 5.41) is 3.38. The number of rotatable bonds is 4. The summed E-state index contributed by atoms with van der Waals surface area (Å²) in [5.41, 5.74) is 5.11. The van der Waals surface area contributed by atoms with Crippen LogP contribution >= 0.6 is 0 Å². The standard InChI is InChI=1S/C23H27N5/c1-17-8-7-11-21(18(17)2)27-12-14-28(15-13-27)23-16-22(24-19(3)25-23)26-20-9-5-4-6-10-20/h4-11,16H,12-15H2,1-3H3,(H,24,25,26). The first kappa shape index (κ1) is 18.3. The third-order valence-electron chi connectivity index (χ3n) is 5.39. The Morgan fingerprint density at radius 3 is 2.25 bits per heavy atom. The van der Waals surface area contributed by atoms with E-state index in [1.165, 1.54) is 16.8 Å². The maximum Gasteiger partial charge on any atom is 0.136 e. The molecule has 5 heteroatoms. The highest BCUT2D eigenvalue weighted by Crippen LogP contribution is 2.26. The number of piperazine rings is 1. The van der Waals surface area contributed by atoms with Gasteiger partial charge in [0, 0.05) is 43.6 Å². The fourth-order valence-electron chi connectivity index (χ4n) is 3.70. The SMILES string of the molecule is Cc1nc(Nc2ccccc2)cc(N2CCN(c3cccc(C)c3C)CC2)n1. The number of aryl methyl sites for hydroxylation is 2. The molecule has 0 bridgehead atoms. The van der Waals surface area contributed by atoms with Crippen molar-refractivity contribution >= 4 is 23.0 Å². The number of anilines is 4. The molecule has 0 unspecified atom stereocenters. The second-order valence-electron chi connectivity index (χ2n) is 7.34. The molecule has 0 radical (unpaired) electrons. The molecule has 1 N–H and O–H groups in total. The van der Waals surface area contributed by atoms with Crippen LogP contribution in [-0.4, -0.2) is 36.1 Å². The van der Waals surface area contributed by atoms with Crippen LogP contribution in [0, 0.1) is 20.8 Å². The van der Waals surface area contributed by atoms with E-state index < -0.39 is 0 Å². The molecule has 1 fully saturated rings. The van der Waals surface area contributed by atoms with Gasteiger partial charge in [0.05, 0.1) is 0 Å². The quantitative estimate of drug-likeness (QED) is 0.731. The lowest BCUT2D eigenvalue weighted by molar-refractivity contribution is 0.644. The van der Waals surface area contributed by atoms with E-state index in [0.717, 1.165) is 49.3 Å². The van der Waals surface area contributed by atoms with Crippen molar-refractivity contribution in [2.75, 3.05) is 41.3 Å². The summed E-state index contributed by atoms with van der Waals surface area (Å²) in [4.78, 5) is 14.1. The maximum absolute atomic E-state index is 4.68. The minimum Gasteiger partial charge on any atom is -0.368 e. The Morgan fingerprint density at radius 1 is 0.786 bits per heavy atom. The van der Waals surface area contributed by atoms with E-state index in [4.69, 9.17) is 0 Å². The van der Waals surface area contributed by atoms with Gasteiger partial charge in [-0.2, -0.15) is 0 Å². The number of hydrogen-bond donors (Lipinski definition) is 1. The first-order chi connectivity index (χ1) is 13.6. The van der Waals surface area contributed by atoms with E-state index in [1.54, 1.807) is 0 Å². The number of hydrogen-bond acceptors (Lipinski definition) is 5. The third-order valence-corrected chi connectivity index (χ3v) is 5.39. The van der Waals surface area contributed by atoms with Gasteiger partial charge in [-0.1, -0.05) is 30.3 Å². The van der Waals surface area contributed by atoms with E-state index in [9.17, 15) is 0 Å². The Kier molecular flexibility index (Phi) is 5.15. The van der Waals surface area contributed by atoms with Gasteiger partial charge in [-0.25, -0.2) is 9.97 Å². The lowest BCUT2D eigenvalue weighted by Crippen LogP contribution is -2.47. The number of benzene rings is 2. The van der Waals surface area contributed by atoms with Crippen LogP contribution in [0.25, 0.3) is 0 Å². The van der Waals surface area contributed by atoms with Gasteiger partial charge in [0.1, 0.15) is 17.5 Å². The molecule has 2 heterocycles. The second-order valence-corrected chi connectivity index (χ2v) is 7.34. The molecule has 1 aromatic heterocycles. The zero-order valence-corrected chi connectivity index (χ0v) is 16.8. The minimum absolute atomic E-state index is 0.785. The van der Waals surface area contributed by atoms with Crippen LogP contribution in [0.2, 0.25) is 0 Å². The summed E-state index contributed by atoms with van der Waals surface area (Å²) >= 11 is 0. The topological polar surface area (TPSA) is 44.3 Å². The average Bonchev–Trinajstić information content (AvgIpc) is 2.71. The van der Waals surface area contributed by atoms with Crippen LogP contribution in [0.15, 0.2) is 54.6 Å². The lowest BCUT2D eigenvalue weighted by atomic mass is 10.1. The zero-order chi connectivity index (χ0) is 19.5. The minimum atomic E-state index is 0.785. The Hall–Kier alpha value is -3.08. The number of aromatic nitrogens is 2. The molecule has 0 aliphatic carbocycles. The van der Waals surface area contributed by atoms with Crippen LogP contribution in [0.4, 0.5) is 23.0 Å². The van der Waals surface area contributed by atoms with E-state index in [0.29, 0.717) is 0 Å². The normalized spacial score (nSPS) is 14.2. The molecule has 0 spiro atoms. The highest BCUT2D eigenvalue weighted by Gasteiger charge is 2.20. The number of nitrogens with one attached hydrogen (secondary N) is 1. The first-order valence-corrected chi connectivity index (χ1v) is 9.84. The molecule has 28 heavy (non-hydrogen) atoms. The van der Waals surface area contributed by atoms with Gasteiger partial charge < -0.3 is 15.1 Å². The van der Waals surface area contributed by atoms with Crippen LogP contribution in [0.1, 0.15) is 17.0 Å². The molecule has 1 aliphatic heterocycles. The molecule has 1 aliphatic rings. The van der Waals surface area contributed by atoms with E-state index >= 15 is 0 Å². The summed E-state index contributed by atoms with van der Waals surface area (Å²) < 4.78 is 0. The van der Waals surface area contributed by atoms with Crippen molar-refractivity contribution in [2.24, 2.45) is 0 Å². The fourth-order valence-corrected chi connectivity index (χ4v) is 3.70. The van der Waals surface area contributed by atoms with Crippen LogP contribution < -0.4 is 15.1 Å². The molecule has 2 aromatic carbocycles. The van der Waals surface area contributed by atoms with Crippen molar-refractivity contribution in [1.29, 1.82) is 0 Å². The van der Waals surface area contributed by atoms with Crippen LogP contribution in [0.3, 0.4) is 0 Å². The van der Waals surface area contributed by atoms with Crippen molar-refractivity contribution in [2.45, 2.75) is 20.8 Å². The Morgan fingerprint density at radius 2 is 1.50 bits per heavy atom. The fraction of sp³-hybridized carbons (Fsp3) is 0.304. The van der Waals surface area contributed by atoms with Crippen molar-refractivity contribution in [1.82, 2.24) is 9.97 Å². The van der Waals surface area contributed by atoms with Gasteiger partial charge in [-0.3, -0.25) is 0 Å². The smallest absolute Gasteiger partial charge is 0.136 e. The monoisotopic (exact) mass is 373 g/mol. The third kappa shape index (κ3) is 3.93. The summed E-state index contributed by atoms with van der Waals surface area (Å²) in [6.45, 7) is 10.2. The number of nitrogens with zero attached hydrogens (tertiary/aromatic N) is 4. The van der Waals surface area contributed by atoms with Crippen LogP contribution in [-0.2, 0) is 0 Å². The highest BCUT2D eigenvalue weighted by atomic mass is 15.3. The molecule has 144 valence electrons. The molecule has 0 amide bonds. The Labute approximate surface area is 167 Å². The van der Waals surface area contributed by atoms with Gasteiger partial charge in [-0.05, 0) is 50.1 Å². The van der Waals surface area contributed by atoms with Gasteiger partial charge in [0.15, 0.2) is 0 Å². The van der Waals surface area contributed by atoms with Crippen molar-refractivity contribution in [3.8, 4) is 0 Å². The molecule has 0 atom stereocenters. The summed E-state index contributed by atoms with van der Waals surface area (Å²) in [6, 6.07) is 18.7. The summed E-state index contributed by atoms with van der Waals surface area (Å²) in [5.74, 6) is 2.62. The molecular weight excluding hydrogens is 346 g/mol. The van der Waals surface area contributed by atoms with Crippen molar-refractivity contribution in [3.05, 3.63) is 71.5 Å². The Balaban J connectivity index is 1.48. The summed E-state index contributed by atoms with van der Waals surface area (Å²) in [7, 11) is 0. The molecule has 0 saturated carbocycles. The predicted octanol–water partition coefficient (Wildman–Crippen LogP) is 4.47. The molecule has 4 rings (SSSR count). The largest absolute Gasteiger partial charge is 0.368 e. The average molecular weight is 374 g/mol. The molecule has 3 aromatic rings. The zero-order valence-electron chi connectivity index (χ0n) is 16.8. The van der Waals surface area contributed by atoms with E-state index in [-0.39, 0.29) is 0 Å². The predicted molar refractivity (Wildman–Crippen MR) is 117 cm³/mol. The van der Waals surface area contributed by atoms with Gasteiger partial charge in [-0.15, -0.1) is 0 Å². The summed E-state index contributed by atoms with van der Waals surface area (Å²) in [6.07, 6.45) is 0. The van der Waals surface area contributed by atoms with Crippen molar-refractivity contribution in [3.63, 3.8) is 0 Å². The second kappa shape index (κ2) is 7.89. The van der Waals surface area contributed by atoms with Crippen molar-refractivity contribution < 1.29 is 0 Å².